The minimum Gasteiger partial charge on any atom is -0.269 e. The normalized spacial score (nSPS) is 19.5. The lowest BCUT2D eigenvalue weighted by atomic mass is 9.83. The fourth-order valence-corrected chi connectivity index (χ4v) is 4.84. The van der Waals surface area contributed by atoms with E-state index >= 15 is 0 Å². The molecule has 0 spiro atoms. The zero-order valence-electron chi connectivity index (χ0n) is 12.9. The first-order valence-corrected chi connectivity index (χ1v) is 8.66. The van der Waals surface area contributed by atoms with Gasteiger partial charge in [-0.2, -0.15) is 5.26 Å². The number of amides is 2. The summed E-state index contributed by atoms with van der Waals surface area (Å²) in [5.41, 5.74) is 2.80. The van der Waals surface area contributed by atoms with Crippen molar-refractivity contribution in [1.29, 1.82) is 5.26 Å². The molecule has 4 nitrogen and oxygen atoms in total. The Hall–Kier alpha value is -2.71. The predicted molar refractivity (Wildman–Crippen MR) is 91.9 cm³/mol. The molecule has 0 radical (unpaired) electrons. The van der Waals surface area contributed by atoms with Crippen molar-refractivity contribution >= 4 is 28.2 Å². The van der Waals surface area contributed by atoms with Crippen molar-refractivity contribution < 1.29 is 9.59 Å². The number of anilines is 1. The van der Waals surface area contributed by atoms with Crippen molar-refractivity contribution in [3.63, 3.8) is 0 Å². The first kappa shape index (κ1) is 14.9. The number of imide groups is 1. The maximum atomic E-state index is 12.0. The molecule has 0 N–H and O–H groups in total. The van der Waals surface area contributed by atoms with Crippen molar-refractivity contribution in [3.8, 4) is 6.07 Å². The maximum Gasteiger partial charge on any atom is 0.258 e. The van der Waals surface area contributed by atoms with E-state index in [0.717, 1.165) is 34.6 Å². The van der Waals surface area contributed by atoms with Crippen LogP contribution in [-0.4, -0.2) is 11.8 Å². The van der Waals surface area contributed by atoms with E-state index < -0.39 is 0 Å². The van der Waals surface area contributed by atoms with E-state index in [0.29, 0.717) is 16.5 Å². The third-order valence-electron chi connectivity index (χ3n) is 4.64. The molecule has 24 heavy (non-hydrogen) atoms. The molecule has 1 aliphatic carbocycles. The number of nitrogens with zero attached hydrogens (tertiary/aromatic N) is 2. The second kappa shape index (κ2) is 5.73. The van der Waals surface area contributed by atoms with E-state index in [2.05, 4.69) is 18.2 Å². The van der Waals surface area contributed by atoms with Gasteiger partial charge in [-0.1, -0.05) is 30.3 Å². The molecule has 2 heterocycles. The lowest BCUT2D eigenvalue weighted by molar-refractivity contribution is -0.119. The average Bonchev–Trinajstić information content (AvgIpc) is 3.13. The van der Waals surface area contributed by atoms with Crippen molar-refractivity contribution in [2.24, 2.45) is 0 Å². The Kier molecular flexibility index (Phi) is 3.55. The molecule has 2 amide bonds. The number of thiophene rings is 1. The predicted octanol–water partition coefficient (Wildman–Crippen LogP) is 3.32. The maximum absolute atomic E-state index is 12.0. The van der Waals surface area contributed by atoms with Crippen molar-refractivity contribution in [1.82, 2.24) is 0 Å². The Morgan fingerprint density at radius 3 is 2.50 bits per heavy atom. The van der Waals surface area contributed by atoms with E-state index in [4.69, 9.17) is 0 Å². The van der Waals surface area contributed by atoms with Crippen LogP contribution >= 0.6 is 11.3 Å². The molecule has 1 aliphatic heterocycles. The highest BCUT2D eigenvalue weighted by molar-refractivity contribution is 7.17. The summed E-state index contributed by atoms with van der Waals surface area (Å²) in [6, 6.07) is 12.6. The van der Waals surface area contributed by atoms with Gasteiger partial charge in [0, 0.05) is 17.0 Å². The number of nitriles is 1. The summed E-state index contributed by atoms with van der Waals surface area (Å²) in [5, 5.41) is 10.0. The molecule has 5 heteroatoms. The van der Waals surface area contributed by atoms with Crippen LogP contribution in [0, 0.1) is 11.3 Å². The smallest absolute Gasteiger partial charge is 0.258 e. The second-order valence-electron chi connectivity index (χ2n) is 5.99. The Balaban J connectivity index is 1.72. The summed E-state index contributed by atoms with van der Waals surface area (Å²) in [7, 11) is 0. The van der Waals surface area contributed by atoms with E-state index in [1.54, 1.807) is 0 Å². The van der Waals surface area contributed by atoms with Gasteiger partial charge >= 0.3 is 0 Å². The van der Waals surface area contributed by atoms with Crippen LogP contribution in [0.4, 0.5) is 5.00 Å². The molecule has 0 saturated heterocycles. The number of hydrogen-bond acceptors (Lipinski definition) is 4. The molecule has 118 valence electrons. The van der Waals surface area contributed by atoms with Crippen molar-refractivity contribution in [2.45, 2.75) is 25.2 Å². The molecule has 1 aromatic heterocycles. The largest absolute Gasteiger partial charge is 0.269 e. The van der Waals surface area contributed by atoms with Crippen LogP contribution in [0.15, 0.2) is 42.5 Å². The average molecular weight is 334 g/mol. The van der Waals surface area contributed by atoms with Crippen LogP contribution in [0.1, 0.15) is 33.9 Å². The van der Waals surface area contributed by atoms with Crippen LogP contribution in [0.25, 0.3) is 0 Å². The third-order valence-corrected chi connectivity index (χ3v) is 5.88. The molecule has 0 saturated carbocycles. The minimum absolute atomic E-state index is 0.366. The summed E-state index contributed by atoms with van der Waals surface area (Å²) in [5.74, 6) is -0.315. The van der Waals surface area contributed by atoms with Gasteiger partial charge in [-0.3, -0.25) is 9.59 Å². The summed E-state index contributed by atoms with van der Waals surface area (Å²) >= 11 is 1.41. The molecular formula is C19H14N2O2S. The van der Waals surface area contributed by atoms with Gasteiger partial charge in [0.1, 0.15) is 11.1 Å². The molecule has 2 aliphatic rings. The van der Waals surface area contributed by atoms with E-state index in [-0.39, 0.29) is 11.8 Å². The Morgan fingerprint density at radius 1 is 1.12 bits per heavy atom. The topological polar surface area (TPSA) is 61.2 Å². The van der Waals surface area contributed by atoms with E-state index in [9.17, 15) is 14.9 Å². The van der Waals surface area contributed by atoms with Gasteiger partial charge < -0.3 is 0 Å². The Labute approximate surface area is 143 Å². The SMILES string of the molecule is N#Cc1c(N2C(=O)C=CC2=O)sc2c1CC[C@@H](c1ccccc1)C2. The molecule has 1 aromatic carbocycles. The number of rotatable bonds is 2. The second-order valence-corrected chi connectivity index (χ2v) is 7.07. The van der Waals surface area contributed by atoms with Crippen molar-refractivity contribution in [2.75, 3.05) is 4.90 Å². The molecular weight excluding hydrogens is 320 g/mol. The number of carbonyl (C=O) groups is 2. The standard InChI is InChI=1S/C19H14N2O2S/c20-11-15-14-7-6-13(12-4-2-1-3-5-12)10-16(14)24-19(15)21-17(22)8-9-18(21)23/h1-5,8-9,13H,6-7,10H2/t13-/m1/s1. The van der Waals surface area contributed by atoms with Crippen LogP contribution in [-0.2, 0) is 22.4 Å². The summed E-state index contributed by atoms with van der Waals surface area (Å²) in [4.78, 5) is 26.2. The van der Waals surface area contributed by atoms with Gasteiger partial charge in [-0.25, -0.2) is 4.90 Å². The first-order valence-electron chi connectivity index (χ1n) is 7.84. The van der Waals surface area contributed by atoms with Gasteiger partial charge in [0.2, 0.25) is 0 Å². The van der Waals surface area contributed by atoms with Crippen LogP contribution < -0.4 is 4.90 Å². The molecule has 4 rings (SSSR count). The number of fused-ring (bicyclic) bond motifs is 1. The monoisotopic (exact) mass is 334 g/mol. The van der Waals surface area contributed by atoms with Gasteiger partial charge in [0.05, 0.1) is 5.56 Å². The van der Waals surface area contributed by atoms with Gasteiger partial charge in [-0.05, 0) is 36.3 Å². The zero-order valence-corrected chi connectivity index (χ0v) is 13.7. The number of benzene rings is 1. The fourth-order valence-electron chi connectivity index (χ4n) is 3.45. The summed E-state index contributed by atoms with van der Waals surface area (Å²) < 4.78 is 0. The highest BCUT2D eigenvalue weighted by Crippen LogP contribution is 2.44. The number of hydrogen-bond donors (Lipinski definition) is 0. The van der Waals surface area contributed by atoms with Crippen LogP contribution in [0.3, 0.4) is 0 Å². The van der Waals surface area contributed by atoms with E-state index in [1.807, 2.05) is 18.2 Å². The molecule has 0 unspecified atom stereocenters. The van der Waals surface area contributed by atoms with Crippen molar-refractivity contribution in [3.05, 3.63) is 64.1 Å². The molecule has 0 bridgehead atoms. The van der Waals surface area contributed by atoms with Gasteiger partial charge in [0.15, 0.2) is 0 Å². The van der Waals surface area contributed by atoms with Crippen LogP contribution in [0.2, 0.25) is 0 Å². The summed E-state index contributed by atoms with van der Waals surface area (Å²) in [6.07, 6.45) is 5.15. The Bertz CT molecular complexity index is 887. The minimum atomic E-state index is -0.366. The van der Waals surface area contributed by atoms with Crippen LogP contribution in [0.5, 0.6) is 0 Å². The lowest BCUT2D eigenvalue weighted by Crippen LogP contribution is -2.29. The zero-order chi connectivity index (χ0) is 16.7. The summed E-state index contributed by atoms with van der Waals surface area (Å²) in [6.45, 7) is 0. The molecule has 1 atom stereocenters. The van der Waals surface area contributed by atoms with Gasteiger partial charge in [-0.15, -0.1) is 11.3 Å². The number of carbonyl (C=O) groups excluding carboxylic acids is 2. The molecule has 2 aromatic rings. The Morgan fingerprint density at radius 2 is 1.83 bits per heavy atom. The lowest BCUT2D eigenvalue weighted by Gasteiger charge is -2.22. The quantitative estimate of drug-likeness (QED) is 0.792. The van der Waals surface area contributed by atoms with Gasteiger partial charge in [0.25, 0.3) is 11.8 Å². The fraction of sp³-hybridized carbons (Fsp3) is 0.211. The van der Waals surface area contributed by atoms with E-state index in [1.165, 1.54) is 29.1 Å². The highest BCUT2D eigenvalue weighted by Gasteiger charge is 2.33. The molecule has 0 fully saturated rings. The first-order chi connectivity index (χ1) is 11.7. The third kappa shape index (κ3) is 2.27. The highest BCUT2D eigenvalue weighted by atomic mass is 32.1.